The lowest BCUT2D eigenvalue weighted by atomic mass is 10.0. The van der Waals surface area contributed by atoms with E-state index in [1.807, 2.05) is 53.9 Å². The number of aromatic nitrogens is 1. The lowest BCUT2D eigenvalue weighted by Crippen LogP contribution is -2.07. The van der Waals surface area contributed by atoms with Gasteiger partial charge in [0, 0.05) is 10.9 Å². The van der Waals surface area contributed by atoms with E-state index in [0.29, 0.717) is 17.4 Å². The van der Waals surface area contributed by atoms with E-state index in [9.17, 15) is 4.79 Å². The minimum absolute atomic E-state index is 0.163. The smallest absolute Gasteiger partial charge is 0.311 e. The Morgan fingerprint density at radius 2 is 2.11 bits per heavy atom. The Morgan fingerprint density at radius 3 is 2.93 bits per heavy atom. The van der Waals surface area contributed by atoms with Crippen LogP contribution in [0.15, 0.2) is 59.0 Å². The second-order valence-electron chi connectivity index (χ2n) is 5.82. The molecule has 0 spiro atoms. The summed E-state index contributed by atoms with van der Waals surface area (Å²) < 4.78 is 10.4. The van der Waals surface area contributed by atoms with Gasteiger partial charge in [0.25, 0.3) is 0 Å². The lowest BCUT2D eigenvalue weighted by molar-refractivity contribution is -0.142. The van der Waals surface area contributed by atoms with Crippen LogP contribution in [0.3, 0.4) is 0 Å². The summed E-state index contributed by atoms with van der Waals surface area (Å²) in [5, 5.41) is 6.68. The first kappa shape index (κ1) is 19.6. The van der Waals surface area contributed by atoms with E-state index in [-0.39, 0.29) is 12.4 Å². The molecule has 0 atom stereocenters. The van der Waals surface area contributed by atoms with Crippen LogP contribution in [-0.2, 0) is 16.0 Å². The van der Waals surface area contributed by atoms with Gasteiger partial charge in [0.1, 0.15) is 5.75 Å². The summed E-state index contributed by atoms with van der Waals surface area (Å²) in [6.45, 7) is 2.15. The summed E-state index contributed by atoms with van der Waals surface area (Å²) in [6.07, 6.45) is 1.89. The van der Waals surface area contributed by atoms with Gasteiger partial charge < -0.3 is 9.47 Å². The van der Waals surface area contributed by atoms with Gasteiger partial charge in [-0.3, -0.25) is 10.2 Å². The van der Waals surface area contributed by atoms with Crippen molar-refractivity contribution in [3.05, 3.63) is 65.2 Å². The Morgan fingerprint density at radius 1 is 1.25 bits per heavy atom. The van der Waals surface area contributed by atoms with Crippen LogP contribution in [0, 0.1) is 0 Å². The summed E-state index contributed by atoms with van der Waals surface area (Å²) in [5.74, 6) is 0.544. The number of hydrazone groups is 1. The van der Waals surface area contributed by atoms with Crippen LogP contribution >= 0.6 is 11.3 Å². The maximum atomic E-state index is 11.5. The Labute approximate surface area is 167 Å². The van der Waals surface area contributed by atoms with Gasteiger partial charge in [-0.2, -0.15) is 5.10 Å². The standard InChI is InChI=1S/C21H21N3O3S/c1-3-27-20(25)12-17-14-28-21(23-17)24-22-13-15-7-6-8-16(11-15)18-9-4-5-10-19(18)26-2/h4-11,13-14H,3,12H2,1-2H3,(H,23,24). The third-order valence-electron chi connectivity index (χ3n) is 3.86. The molecule has 2 aromatic carbocycles. The Balaban J connectivity index is 1.65. The van der Waals surface area contributed by atoms with Gasteiger partial charge in [-0.05, 0) is 30.2 Å². The number of hydrogen-bond donors (Lipinski definition) is 1. The molecule has 0 amide bonds. The molecule has 0 saturated carbocycles. The van der Waals surface area contributed by atoms with Crippen molar-refractivity contribution < 1.29 is 14.3 Å². The highest BCUT2D eigenvalue weighted by molar-refractivity contribution is 7.13. The molecule has 3 rings (SSSR count). The van der Waals surface area contributed by atoms with E-state index in [2.05, 4.69) is 15.5 Å². The fourth-order valence-corrected chi connectivity index (χ4v) is 3.29. The van der Waals surface area contributed by atoms with E-state index in [1.165, 1.54) is 11.3 Å². The fraction of sp³-hybridized carbons (Fsp3) is 0.190. The molecular formula is C21H21N3O3S. The second-order valence-corrected chi connectivity index (χ2v) is 6.68. The zero-order chi connectivity index (χ0) is 19.8. The number of anilines is 1. The van der Waals surface area contributed by atoms with Crippen LogP contribution in [0.1, 0.15) is 18.2 Å². The van der Waals surface area contributed by atoms with E-state index in [4.69, 9.17) is 9.47 Å². The maximum Gasteiger partial charge on any atom is 0.311 e. The molecule has 1 aromatic heterocycles. The normalized spacial score (nSPS) is 10.8. The van der Waals surface area contributed by atoms with Crippen molar-refractivity contribution in [1.29, 1.82) is 0 Å². The van der Waals surface area contributed by atoms with Gasteiger partial charge in [0.05, 0.1) is 32.0 Å². The maximum absolute atomic E-state index is 11.5. The Bertz CT molecular complexity index is 969. The molecular weight excluding hydrogens is 374 g/mol. The minimum atomic E-state index is -0.281. The number of nitrogens with one attached hydrogen (secondary N) is 1. The van der Waals surface area contributed by atoms with E-state index in [0.717, 1.165) is 22.4 Å². The highest BCUT2D eigenvalue weighted by atomic mass is 32.1. The number of para-hydroxylation sites is 1. The fourth-order valence-electron chi connectivity index (χ4n) is 2.63. The van der Waals surface area contributed by atoms with Gasteiger partial charge in [0.2, 0.25) is 5.13 Å². The summed E-state index contributed by atoms with van der Waals surface area (Å²) in [5.41, 5.74) is 6.58. The predicted molar refractivity (Wildman–Crippen MR) is 112 cm³/mol. The molecule has 0 saturated heterocycles. The average Bonchev–Trinajstić information content (AvgIpc) is 3.15. The zero-order valence-corrected chi connectivity index (χ0v) is 16.5. The van der Waals surface area contributed by atoms with E-state index < -0.39 is 0 Å². The van der Waals surface area contributed by atoms with Crippen molar-refractivity contribution in [2.24, 2.45) is 5.10 Å². The number of nitrogens with zero attached hydrogens (tertiary/aromatic N) is 2. The van der Waals surface area contributed by atoms with Crippen molar-refractivity contribution in [3.8, 4) is 16.9 Å². The van der Waals surface area contributed by atoms with Crippen molar-refractivity contribution in [3.63, 3.8) is 0 Å². The SMILES string of the molecule is CCOC(=O)Cc1csc(NN=Cc2cccc(-c3ccccc3OC)c2)n1. The molecule has 0 radical (unpaired) electrons. The average molecular weight is 395 g/mol. The monoisotopic (exact) mass is 395 g/mol. The molecule has 6 nitrogen and oxygen atoms in total. The minimum Gasteiger partial charge on any atom is -0.496 e. The number of ether oxygens (including phenoxy) is 2. The number of methoxy groups -OCH3 is 1. The summed E-state index contributed by atoms with van der Waals surface area (Å²) in [4.78, 5) is 15.8. The molecule has 0 aliphatic carbocycles. The third kappa shape index (κ3) is 5.17. The molecule has 0 unspecified atom stereocenters. The quantitative estimate of drug-likeness (QED) is 0.348. The summed E-state index contributed by atoms with van der Waals surface area (Å²) in [6, 6.07) is 15.9. The number of carbonyl (C=O) groups is 1. The van der Waals surface area contributed by atoms with E-state index in [1.54, 1.807) is 20.2 Å². The Hall–Kier alpha value is -3.19. The first-order chi connectivity index (χ1) is 13.7. The van der Waals surface area contributed by atoms with Crippen LogP contribution < -0.4 is 10.2 Å². The van der Waals surface area contributed by atoms with Crippen LogP contribution in [0.25, 0.3) is 11.1 Å². The van der Waals surface area contributed by atoms with Gasteiger partial charge in [-0.1, -0.05) is 36.4 Å². The topological polar surface area (TPSA) is 72.8 Å². The van der Waals surface area contributed by atoms with Gasteiger partial charge in [-0.15, -0.1) is 11.3 Å². The van der Waals surface area contributed by atoms with Gasteiger partial charge >= 0.3 is 5.97 Å². The van der Waals surface area contributed by atoms with Gasteiger partial charge in [-0.25, -0.2) is 4.98 Å². The number of thiazole rings is 1. The molecule has 1 heterocycles. The number of benzene rings is 2. The van der Waals surface area contributed by atoms with Crippen LogP contribution in [0.4, 0.5) is 5.13 Å². The number of rotatable bonds is 8. The molecule has 0 aliphatic heterocycles. The number of hydrogen-bond acceptors (Lipinski definition) is 7. The first-order valence-corrected chi connectivity index (χ1v) is 9.70. The highest BCUT2D eigenvalue weighted by Gasteiger charge is 2.08. The first-order valence-electron chi connectivity index (χ1n) is 8.82. The molecule has 0 aliphatic rings. The molecule has 0 fully saturated rings. The largest absolute Gasteiger partial charge is 0.496 e. The third-order valence-corrected chi connectivity index (χ3v) is 4.66. The molecule has 28 heavy (non-hydrogen) atoms. The second kappa shape index (κ2) is 9.66. The molecule has 3 aromatic rings. The lowest BCUT2D eigenvalue weighted by Gasteiger charge is -2.08. The van der Waals surface area contributed by atoms with Crippen molar-refractivity contribution >= 4 is 28.7 Å². The van der Waals surface area contributed by atoms with Crippen molar-refractivity contribution in [1.82, 2.24) is 4.98 Å². The van der Waals surface area contributed by atoms with E-state index >= 15 is 0 Å². The molecule has 0 bridgehead atoms. The summed E-state index contributed by atoms with van der Waals surface area (Å²) in [7, 11) is 1.66. The molecule has 7 heteroatoms. The zero-order valence-electron chi connectivity index (χ0n) is 15.7. The van der Waals surface area contributed by atoms with Crippen LogP contribution in [-0.4, -0.2) is 30.9 Å². The van der Waals surface area contributed by atoms with Crippen LogP contribution in [0.5, 0.6) is 5.75 Å². The summed E-state index contributed by atoms with van der Waals surface area (Å²) >= 11 is 1.39. The van der Waals surface area contributed by atoms with Gasteiger partial charge in [0.15, 0.2) is 0 Å². The number of esters is 1. The van der Waals surface area contributed by atoms with Crippen molar-refractivity contribution in [2.75, 3.05) is 19.1 Å². The van der Waals surface area contributed by atoms with Crippen molar-refractivity contribution in [2.45, 2.75) is 13.3 Å². The molecule has 144 valence electrons. The highest BCUT2D eigenvalue weighted by Crippen LogP contribution is 2.29. The molecule has 1 N–H and O–H groups in total. The number of carbonyl (C=O) groups excluding carboxylic acids is 1. The Kier molecular flexibility index (Phi) is 6.75. The van der Waals surface area contributed by atoms with Crippen LogP contribution in [0.2, 0.25) is 0 Å². The predicted octanol–water partition coefficient (Wildman–Crippen LogP) is 4.37.